The molecule has 0 aromatic carbocycles. The van der Waals surface area contributed by atoms with E-state index in [1.165, 1.54) is 11.1 Å². The number of nitriles is 1. The average Bonchev–Trinajstić information content (AvgIpc) is 2.70. The molecule has 2 heterocycles. The molecule has 2 rings (SSSR count). The maximum absolute atomic E-state index is 11.5. The molecule has 1 aliphatic rings. The fourth-order valence-electron chi connectivity index (χ4n) is 1.61. The van der Waals surface area contributed by atoms with Crippen LogP contribution in [0.4, 0.5) is 10.6 Å². The molecule has 0 aliphatic carbocycles. The van der Waals surface area contributed by atoms with E-state index in [0.29, 0.717) is 11.4 Å². The highest BCUT2D eigenvalue weighted by Crippen LogP contribution is 2.21. The molecule has 88 valence electrons. The fraction of sp³-hybridized carbons (Fsp3) is 0.364. The lowest BCUT2D eigenvalue weighted by Gasteiger charge is -2.12. The molecule has 0 spiro atoms. The van der Waals surface area contributed by atoms with Crippen molar-refractivity contribution < 1.29 is 14.6 Å². The molecule has 1 unspecified atom stereocenters. The summed E-state index contributed by atoms with van der Waals surface area (Å²) in [5.41, 5.74) is 1.22. The molecule has 1 aliphatic heterocycles. The Morgan fingerprint density at radius 2 is 2.53 bits per heavy atom. The van der Waals surface area contributed by atoms with Gasteiger partial charge >= 0.3 is 6.09 Å². The van der Waals surface area contributed by atoms with Crippen molar-refractivity contribution in [3.05, 3.63) is 23.4 Å². The number of anilines is 1. The maximum Gasteiger partial charge on any atom is 0.416 e. The lowest BCUT2D eigenvalue weighted by atomic mass is 10.2. The summed E-state index contributed by atoms with van der Waals surface area (Å²) in [6.45, 7) is 1.83. The van der Waals surface area contributed by atoms with Crippen LogP contribution in [0.25, 0.3) is 0 Å². The molecule has 0 bridgehead atoms. The number of aliphatic hydroxyl groups excluding tert-OH is 1. The number of amides is 1. The normalized spacial score (nSPS) is 19.0. The predicted octanol–water partition coefficient (Wildman–Crippen LogP) is 0.579. The van der Waals surface area contributed by atoms with Gasteiger partial charge in [0.25, 0.3) is 0 Å². The summed E-state index contributed by atoms with van der Waals surface area (Å²) < 4.78 is 4.91. The fourth-order valence-corrected chi connectivity index (χ4v) is 1.61. The van der Waals surface area contributed by atoms with Crippen LogP contribution in [0.5, 0.6) is 0 Å². The van der Waals surface area contributed by atoms with Gasteiger partial charge in [0.1, 0.15) is 18.0 Å². The number of carbonyl (C=O) groups excluding carboxylic acids is 1. The highest BCUT2D eigenvalue weighted by Gasteiger charge is 2.32. The number of rotatable bonds is 2. The Balaban J connectivity index is 2.27. The minimum atomic E-state index is -0.527. The summed E-state index contributed by atoms with van der Waals surface area (Å²) in [6.07, 6.45) is 0.380. The molecule has 0 radical (unpaired) electrons. The molecule has 0 saturated carbocycles. The highest BCUT2D eigenvalue weighted by atomic mass is 16.6. The monoisotopic (exact) mass is 233 g/mol. The van der Waals surface area contributed by atoms with Crippen molar-refractivity contribution >= 4 is 11.9 Å². The SMILES string of the molecule is Cc1cc(N2CC(CO)OC2=O)ncc1C#N. The largest absolute Gasteiger partial charge is 0.441 e. The minimum absolute atomic E-state index is 0.211. The Kier molecular flexibility index (Phi) is 2.93. The maximum atomic E-state index is 11.5. The van der Waals surface area contributed by atoms with Crippen molar-refractivity contribution in [2.75, 3.05) is 18.1 Å². The Morgan fingerprint density at radius 1 is 1.76 bits per heavy atom. The molecule has 1 saturated heterocycles. The van der Waals surface area contributed by atoms with Crippen LogP contribution in [0.15, 0.2) is 12.3 Å². The Morgan fingerprint density at radius 3 is 3.06 bits per heavy atom. The molecule has 1 N–H and O–H groups in total. The summed E-state index contributed by atoms with van der Waals surface area (Å²) in [7, 11) is 0. The Bertz CT molecular complexity index is 495. The highest BCUT2D eigenvalue weighted by molar-refractivity contribution is 5.88. The number of ether oxygens (including phenoxy) is 1. The van der Waals surface area contributed by atoms with Gasteiger partial charge in [-0.3, -0.25) is 4.90 Å². The third kappa shape index (κ3) is 2.05. The van der Waals surface area contributed by atoms with E-state index in [0.717, 1.165) is 5.56 Å². The first-order chi connectivity index (χ1) is 8.15. The molecule has 1 fully saturated rings. The average molecular weight is 233 g/mol. The second kappa shape index (κ2) is 4.39. The molecule has 6 heteroatoms. The van der Waals surface area contributed by atoms with Crippen LogP contribution in [-0.4, -0.2) is 35.4 Å². The lowest BCUT2D eigenvalue weighted by molar-refractivity contribution is 0.0963. The lowest BCUT2D eigenvalue weighted by Crippen LogP contribution is -2.26. The summed E-state index contributed by atoms with van der Waals surface area (Å²) in [6, 6.07) is 3.66. The zero-order valence-electron chi connectivity index (χ0n) is 9.25. The number of cyclic esters (lactones) is 1. The van der Waals surface area contributed by atoms with E-state index in [1.54, 1.807) is 13.0 Å². The molecule has 1 amide bonds. The molecule has 1 aromatic heterocycles. The van der Waals surface area contributed by atoms with E-state index in [2.05, 4.69) is 4.98 Å². The van der Waals surface area contributed by atoms with Crippen LogP contribution in [0.1, 0.15) is 11.1 Å². The number of aliphatic hydroxyl groups is 1. The molecule has 1 aromatic rings. The van der Waals surface area contributed by atoms with Crippen LogP contribution in [0.2, 0.25) is 0 Å². The number of nitrogens with zero attached hydrogens (tertiary/aromatic N) is 3. The summed E-state index contributed by atoms with van der Waals surface area (Å²) in [5, 5.41) is 17.7. The molecular weight excluding hydrogens is 222 g/mol. The van der Waals surface area contributed by atoms with Crippen molar-refractivity contribution in [2.24, 2.45) is 0 Å². The van der Waals surface area contributed by atoms with Gasteiger partial charge in [-0.2, -0.15) is 5.26 Å². The van der Waals surface area contributed by atoms with Gasteiger partial charge in [0.2, 0.25) is 0 Å². The van der Waals surface area contributed by atoms with Crippen molar-refractivity contribution in [3.63, 3.8) is 0 Å². The Labute approximate surface area is 98.1 Å². The van der Waals surface area contributed by atoms with E-state index >= 15 is 0 Å². The number of aryl methyl sites for hydroxylation is 1. The third-order valence-corrected chi connectivity index (χ3v) is 2.57. The van der Waals surface area contributed by atoms with Crippen LogP contribution >= 0.6 is 0 Å². The standard InChI is InChI=1S/C11H11N3O3/c1-7-2-10(13-4-8(7)3-12)14-5-9(6-15)17-11(14)16/h2,4,9,15H,5-6H2,1H3. The van der Waals surface area contributed by atoms with Gasteiger partial charge < -0.3 is 9.84 Å². The van der Waals surface area contributed by atoms with Crippen molar-refractivity contribution in [1.29, 1.82) is 5.26 Å². The molecule has 6 nitrogen and oxygen atoms in total. The number of hydrogen-bond donors (Lipinski definition) is 1. The van der Waals surface area contributed by atoms with Crippen LogP contribution < -0.4 is 4.90 Å². The molecular formula is C11H11N3O3. The number of aromatic nitrogens is 1. The topological polar surface area (TPSA) is 86.5 Å². The number of pyridine rings is 1. The quantitative estimate of drug-likeness (QED) is 0.807. The second-order valence-corrected chi connectivity index (χ2v) is 3.77. The smallest absolute Gasteiger partial charge is 0.416 e. The van der Waals surface area contributed by atoms with Crippen molar-refractivity contribution in [3.8, 4) is 6.07 Å². The van der Waals surface area contributed by atoms with Gasteiger partial charge in [0, 0.05) is 6.20 Å². The first kappa shape index (κ1) is 11.4. The van der Waals surface area contributed by atoms with E-state index in [1.807, 2.05) is 6.07 Å². The van der Waals surface area contributed by atoms with Crippen LogP contribution in [0.3, 0.4) is 0 Å². The minimum Gasteiger partial charge on any atom is -0.441 e. The van der Waals surface area contributed by atoms with Crippen LogP contribution in [-0.2, 0) is 4.74 Å². The number of carbonyl (C=O) groups is 1. The van der Waals surface area contributed by atoms with Gasteiger partial charge in [-0.05, 0) is 18.6 Å². The van der Waals surface area contributed by atoms with Gasteiger partial charge in [-0.25, -0.2) is 9.78 Å². The summed E-state index contributed by atoms with van der Waals surface area (Å²) in [5.74, 6) is 0.433. The summed E-state index contributed by atoms with van der Waals surface area (Å²) >= 11 is 0. The van der Waals surface area contributed by atoms with Crippen molar-refractivity contribution in [2.45, 2.75) is 13.0 Å². The van der Waals surface area contributed by atoms with E-state index in [4.69, 9.17) is 15.1 Å². The summed E-state index contributed by atoms with van der Waals surface area (Å²) in [4.78, 5) is 16.9. The van der Waals surface area contributed by atoms with E-state index in [9.17, 15) is 4.79 Å². The van der Waals surface area contributed by atoms with Gasteiger partial charge in [-0.15, -0.1) is 0 Å². The van der Waals surface area contributed by atoms with E-state index < -0.39 is 12.2 Å². The zero-order valence-corrected chi connectivity index (χ0v) is 9.25. The molecule has 1 atom stereocenters. The van der Waals surface area contributed by atoms with Crippen molar-refractivity contribution in [1.82, 2.24) is 4.98 Å². The van der Waals surface area contributed by atoms with Gasteiger partial charge in [0.15, 0.2) is 0 Å². The number of hydrogen-bond acceptors (Lipinski definition) is 5. The molecule has 17 heavy (non-hydrogen) atoms. The predicted molar refractivity (Wildman–Crippen MR) is 58.4 cm³/mol. The second-order valence-electron chi connectivity index (χ2n) is 3.77. The van der Waals surface area contributed by atoms with Gasteiger partial charge in [0.05, 0.1) is 18.7 Å². The Hall–Kier alpha value is -2.13. The zero-order chi connectivity index (χ0) is 12.4. The van der Waals surface area contributed by atoms with Gasteiger partial charge in [-0.1, -0.05) is 0 Å². The first-order valence-electron chi connectivity index (χ1n) is 5.11. The first-order valence-corrected chi connectivity index (χ1v) is 5.11. The van der Waals surface area contributed by atoms with Crippen LogP contribution in [0, 0.1) is 18.3 Å². The van der Waals surface area contributed by atoms with E-state index in [-0.39, 0.29) is 13.2 Å². The third-order valence-electron chi connectivity index (χ3n) is 2.57.